The van der Waals surface area contributed by atoms with Crippen LogP contribution in [0.2, 0.25) is 0 Å². The van der Waals surface area contributed by atoms with Gasteiger partial charge in [0, 0.05) is 26.7 Å². The highest BCUT2D eigenvalue weighted by Gasteiger charge is 2.28. The van der Waals surface area contributed by atoms with E-state index in [1.54, 1.807) is 11.9 Å². The standard InChI is InChI=1S/C15H27N3O2/c1-5-13(19)17(4)10-12-6-8-18(9-7-12)15(20)14(16)11(2)3/h5,11-12,14H,1,6-10,16H2,2-4H3. The van der Waals surface area contributed by atoms with Crippen LogP contribution in [-0.4, -0.2) is 54.3 Å². The molecule has 0 aromatic carbocycles. The van der Waals surface area contributed by atoms with E-state index in [0.717, 1.165) is 32.5 Å². The number of amides is 2. The van der Waals surface area contributed by atoms with Crippen molar-refractivity contribution in [3.05, 3.63) is 12.7 Å². The van der Waals surface area contributed by atoms with Gasteiger partial charge in [0.05, 0.1) is 6.04 Å². The molecule has 0 aromatic rings. The molecular weight excluding hydrogens is 254 g/mol. The Hall–Kier alpha value is -1.36. The highest BCUT2D eigenvalue weighted by molar-refractivity contribution is 5.86. The van der Waals surface area contributed by atoms with Crippen molar-refractivity contribution < 1.29 is 9.59 Å². The topological polar surface area (TPSA) is 66.6 Å². The zero-order chi connectivity index (χ0) is 15.3. The lowest BCUT2D eigenvalue weighted by Crippen LogP contribution is -2.50. The molecule has 1 saturated heterocycles. The van der Waals surface area contributed by atoms with Crippen molar-refractivity contribution in [3.8, 4) is 0 Å². The molecule has 5 nitrogen and oxygen atoms in total. The molecule has 1 fully saturated rings. The molecule has 1 heterocycles. The van der Waals surface area contributed by atoms with Crippen LogP contribution in [0.4, 0.5) is 0 Å². The molecule has 2 N–H and O–H groups in total. The minimum atomic E-state index is -0.406. The zero-order valence-corrected chi connectivity index (χ0v) is 12.8. The Kier molecular flexibility index (Phi) is 6.20. The maximum atomic E-state index is 12.1. The Bertz CT molecular complexity index is 360. The maximum absolute atomic E-state index is 12.1. The van der Waals surface area contributed by atoms with Gasteiger partial charge in [0.2, 0.25) is 11.8 Å². The van der Waals surface area contributed by atoms with Crippen molar-refractivity contribution in [2.24, 2.45) is 17.6 Å². The van der Waals surface area contributed by atoms with Crippen LogP contribution in [-0.2, 0) is 9.59 Å². The lowest BCUT2D eigenvalue weighted by molar-refractivity contribution is -0.135. The van der Waals surface area contributed by atoms with Gasteiger partial charge in [-0.15, -0.1) is 0 Å². The van der Waals surface area contributed by atoms with Gasteiger partial charge in [-0.2, -0.15) is 0 Å². The van der Waals surface area contributed by atoms with E-state index in [0.29, 0.717) is 5.92 Å². The molecule has 1 aliphatic rings. The van der Waals surface area contributed by atoms with Crippen molar-refractivity contribution in [1.29, 1.82) is 0 Å². The average molecular weight is 281 g/mol. The van der Waals surface area contributed by atoms with Gasteiger partial charge in [0.1, 0.15) is 0 Å². The molecule has 1 rings (SSSR count). The summed E-state index contributed by atoms with van der Waals surface area (Å²) in [5, 5.41) is 0. The minimum absolute atomic E-state index is 0.0500. The van der Waals surface area contributed by atoms with E-state index in [-0.39, 0.29) is 17.7 Å². The van der Waals surface area contributed by atoms with Crippen molar-refractivity contribution in [2.45, 2.75) is 32.7 Å². The Morgan fingerprint density at radius 3 is 2.40 bits per heavy atom. The summed E-state index contributed by atoms with van der Waals surface area (Å²) in [5.41, 5.74) is 5.91. The van der Waals surface area contributed by atoms with Gasteiger partial charge in [-0.1, -0.05) is 20.4 Å². The van der Waals surface area contributed by atoms with E-state index in [2.05, 4.69) is 6.58 Å². The first-order chi connectivity index (χ1) is 9.36. The van der Waals surface area contributed by atoms with Gasteiger partial charge in [-0.05, 0) is 30.8 Å². The summed E-state index contributed by atoms with van der Waals surface area (Å²) >= 11 is 0. The Balaban J connectivity index is 2.42. The van der Waals surface area contributed by atoms with Crippen molar-refractivity contribution in [3.63, 3.8) is 0 Å². The van der Waals surface area contributed by atoms with E-state index in [9.17, 15) is 9.59 Å². The number of carbonyl (C=O) groups excluding carboxylic acids is 2. The fourth-order valence-corrected chi connectivity index (χ4v) is 2.47. The van der Waals surface area contributed by atoms with Gasteiger partial charge in [-0.25, -0.2) is 0 Å². The van der Waals surface area contributed by atoms with Crippen LogP contribution >= 0.6 is 0 Å². The number of likely N-dealkylation sites (tertiary alicyclic amines) is 1. The molecule has 0 aliphatic carbocycles. The molecule has 2 amide bonds. The van der Waals surface area contributed by atoms with Gasteiger partial charge >= 0.3 is 0 Å². The average Bonchev–Trinajstić information content (AvgIpc) is 2.45. The number of nitrogens with zero attached hydrogens (tertiary/aromatic N) is 2. The molecular formula is C15H27N3O2. The molecule has 0 bridgehead atoms. The van der Waals surface area contributed by atoms with Crippen LogP contribution in [0.5, 0.6) is 0 Å². The predicted molar refractivity (Wildman–Crippen MR) is 80.0 cm³/mol. The summed E-state index contributed by atoms with van der Waals surface area (Å²) in [4.78, 5) is 27.1. The van der Waals surface area contributed by atoms with Crippen molar-refractivity contribution in [2.75, 3.05) is 26.7 Å². The largest absolute Gasteiger partial charge is 0.342 e. The van der Waals surface area contributed by atoms with Crippen LogP contribution in [0.3, 0.4) is 0 Å². The normalized spacial score (nSPS) is 17.9. The van der Waals surface area contributed by atoms with Crippen LogP contribution in [0.25, 0.3) is 0 Å². The summed E-state index contributed by atoms with van der Waals surface area (Å²) in [7, 11) is 1.79. The molecule has 1 unspecified atom stereocenters. The second kappa shape index (κ2) is 7.43. The van der Waals surface area contributed by atoms with Gasteiger partial charge < -0.3 is 15.5 Å². The SMILES string of the molecule is C=CC(=O)N(C)CC1CCN(C(=O)C(N)C(C)C)CC1. The lowest BCUT2D eigenvalue weighted by Gasteiger charge is -2.35. The summed E-state index contributed by atoms with van der Waals surface area (Å²) in [6.07, 6.45) is 3.18. The van der Waals surface area contributed by atoms with Crippen molar-refractivity contribution >= 4 is 11.8 Å². The highest BCUT2D eigenvalue weighted by Crippen LogP contribution is 2.19. The number of rotatable bonds is 5. The Morgan fingerprint density at radius 2 is 1.95 bits per heavy atom. The molecule has 0 saturated carbocycles. The predicted octanol–water partition coefficient (Wildman–Crippen LogP) is 0.853. The second-order valence-electron chi connectivity index (χ2n) is 5.96. The Labute approximate surface area is 121 Å². The van der Waals surface area contributed by atoms with E-state index in [1.807, 2.05) is 18.7 Å². The first-order valence-electron chi connectivity index (χ1n) is 7.28. The summed E-state index contributed by atoms with van der Waals surface area (Å²) in [5.74, 6) is 0.610. The maximum Gasteiger partial charge on any atom is 0.245 e. The van der Waals surface area contributed by atoms with E-state index in [1.165, 1.54) is 6.08 Å². The van der Waals surface area contributed by atoms with Crippen LogP contribution in [0.1, 0.15) is 26.7 Å². The number of nitrogens with two attached hydrogens (primary N) is 1. The molecule has 114 valence electrons. The van der Waals surface area contributed by atoms with E-state index < -0.39 is 6.04 Å². The third-order valence-electron chi connectivity index (χ3n) is 4.01. The van der Waals surface area contributed by atoms with Crippen molar-refractivity contribution in [1.82, 2.24) is 9.80 Å². The Morgan fingerprint density at radius 1 is 1.40 bits per heavy atom. The first kappa shape index (κ1) is 16.7. The molecule has 1 atom stereocenters. The summed E-state index contributed by atoms with van der Waals surface area (Å²) < 4.78 is 0. The quantitative estimate of drug-likeness (QED) is 0.760. The van der Waals surface area contributed by atoms with Crippen LogP contribution < -0.4 is 5.73 Å². The number of hydrogen-bond donors (Lipinski definition) is 1. The lowest BCUT2D eigenvalue weighted by atomic mass is 9.94. The van der Waals surface area contributed by atoms with Gasteiger partial charge in [0.25, 0.3) is 0 Å². The van der Waals surface area contributed by atoms with Crippen LogP contribution in [0.15, 0.2) is 12.7 Å². The fraction of sp³-hybridized carbons (Fsp3) is 0.733. The third-order valence-corrected chi connectivity index (χ3v) is 4.01. The minimum Gasteiger partial charge on any atom is -0.342 e. The fourth-order valence-electron chi connectivity index (χ4n) is 2.47. The highest BCUT2D eigenvalue weighted by atomic mass is 16.2. The summed E-state index contributed by atoms with van der Waals surface area (Å²) in [6.45, 7) is 9.61. The zero-order valence-electron chi connectivity index (χ0n) is 12.8. The molecule has 0 radical (unpaired) electrons. The van der Waals surface area contributed by atoms with Gasteiger partial charge in [-0.3, -0.25) is 9.59 Å². The number of carbonyl (C=O) groups is 2. The summed E-state index contributed by atoms with van der Waals surface area (Å²) in [6, 6.07) is -0.406. The number of piperidine rings is 1. The molecule has 0 aromatic heterocycles. The monoisotopic (exact) mass is 281 g/mol. The molecule has 1 aliphatic heterocycles. The smallest absolute Gasteiger partial charge is 0.245 e. The molecule has 0 spiro atoms. The first-order valence-corrected chi connectivity index (χ1v) is 7.28. The molecule has 5 heteroatoms. The third kappa shape index (κ3) is 4.34. The number of hydrogen-bond acceptors (Lipinski definition) is 3. The van der Waals surface area contributed by atoms with E-state index >= 15 is 0 Å². The molecule has 20 heavy (non-hydrogen) atoms. The van der Waals surface area contributed by atoms with Crippen LogP contribution in [0, 0.1) is 11.8 Å². The second-order valence-corrected chi connectivity index (χ2v) is 5.96. The van der Waals surface area contributed by atoms with E-state index in [4.69, 9.17) is 5.73 Å². The van der Waals surface area contributed by atoms with Gasteiger partial charge in [0.15, 0.2) is 0 Å². The number of likely N-dealkylation sites (N-methyl/N-ethyl adjacent to an activating group) is 1.